The number of rotatable bonds is 8. The molecule has 0 heterocycles. The first-order chi connectivity index (χ1) is 16.4. The van der Waals surface area contributed by atoms with E-state index in [0.29, 0.717) is 22.2 Å². The van der Waals surface area contributed by atoms with Gasteiger partial charge in [0.05, 0.1) is 19.8 Å². The van der Waals surface area contributed by atoms with Gasteiger partial charge < -0.3 is 14.2 Å². The van der Waals surface area contributed by atoms with Crippen LogP contribution in [0.5, 0.6) is 11.5 Å². The highest BCUT2D eigenvalue weighted by atomic mass is 79.9. The van der Waals surface area contributed by atoms with Gasteiger partial charge in [0.15, 0.2) is 12.4 Å². The van der Waals surface area contributed by atoms with Crippen LogP contribution in [0.3, 0.4) is 0 Å². The molecule has 0 radical (unpaired) electrons. The van der Waals surface area contributed by atoms with Crippen LogP contribution < -0.4 is 9.47 Å². The second-order valence-corrected chi connectivity index (χ2v) is 10.8. The van der Waals surface area contributed by atoms with E-state index in [9.17, 15) is 9.59 Å². The highest BCUT2D eigenvalue weighted by Crippen LogP contribution is 2.61. The molecule has 4 aliphatic carbocycles. The number of esters is 1. The SMILES string of the molecule is COC(=O)c1ccc(CBr)c(OCC(=O)c2ccc(OC)c(C34CC5CC(CC(C5)C3)C4)c2)c1. The summed E-state index contributed by atoms with van der Waals surface area (Å²) in [5.74, 6) is 3.30. The van der Waals surface area contributed by atoms with Crippen molar-refractivity contribution in [3.8, 4) is 11.5 Å². The summed E-state index contributed by atoms with van der Waals surface area (Å²) in [5, 5.41) is 0.552. The molecule has 180 valence electrons. The van der Waals surface area contributed by atoms with E-state index < -0.39 is 5.97 Å². The molecule has 2 aromatic carbocycles. The number of benzene rings is 2. The lowest BCUT2D eigenvalue weighted by Gasteiger charge is -2.57. The summed E-state index contributed by atoms with van der Waals surface area (Å²) in [6.07, 6.45) is 7.73. The van der Waals surface area contributed by atoms with Gasteiger partial charge in [-0.1, -0.05) is 22.0 Å². The van der Waals surface area contributed by atoms with Gasteiger partial charge >= 0.3 is 5.97 Å². The summed E-state index contributed by atoms with van der Waals surface area (Å²) in [7, 11) is 3.07. The van der Waals surface area contributed by atoms with Crippen LogP contribution in [0, 0.1) is 17.8 Å². The van der Waals surface area contributed by atoms with Crippen molar-refractivity contribution in [2.75, 3.05) is 20.8 Å². The molecule has 4 fully saturated rings. The third-order valence-electron chi connectivity index (χ3n) is 8.12. The summed E-state index contributed by atoms with van der Waals surface area (Å²) in [6.45, 7) is -0.0999. The quantitative estimate of drug-likeness (QED) is 0.236. The number of Topliss-reactive ketones (excluding diaryl/α,β-unsaturated/α-hetero) is 1. The zero-order valence-corrected chi connectivity index (χ0v) is 21.4. The van der Waals surface area contributed by atoms with E-state index in [0.717, 1.165) is 29.1 Å². The van der Waals surface area contributed by atoms with E-state index in [1.165, 1.54) is 51.2 Å². The van der Waals surface area contributed by atoms with Crippen LogP contribution in [0.15, 0.2) is 36.4 Å². The Bertz CT molecular complexity index is 1070. The van der Waals surface area contributed by atoms with Gasteiger partial charge in [0, 0.05) is 22.0 Å². The average molecular weight is 527 g/mol. The van der Waals surface area contributed by atoms with Crippen LogP contribution in [0.1, 0.15) is 70.4 Å². The lowest BCUT2D eigenvalue weighted by Crippen LogP contribution is -2.48. The Kier molecular flexibility index (Phi) is 6.45. The van der Waals surface area contributed by atoms with Gasteiger partial charge in [0.1, 0.15) is 11.5 Å². The number of alkyl halides is 1. The molecule has 4 aliphatic rings. The molecule has 0 atom stereocenters. The first-order valence-electron chi connectivity index (χ1n) is 12.1. The summed E-state index contributed by atoms with van der Waals surface area (Å²) < 4.78 is 16.5. The van der Waals surface area contributed by atoms with E-state index in [1.54, 1.807) is 25.3 Å². The molecule has 5 nitrogen and oxygen atoms in total. The van der Waals surface area contributed by atoms with Gasteiger partial charge in [-0.05, 0) is 92.0 Å². The maximum absolute atomic E-state index is 13.2. The van der Waals surface area contributed by atoms with E-state index in [2.05, 4.69) is 22.0 Å². The number of halogens is 1. The fourth-order valence-electron chi connectivity index (χ4n) is 7.01. The summed E-state index contributed by atoms with van der Waals surface area (Å²) >= 11 is 3.45. The first kappa shape index (κ1) is 23.4. The van der Waals surface area contributed by atoms with Gasteiger partial charge in [0.2, 0.25) is 0 Å². The smallest absolute Gasteiger partial charge is 0.337 e. The Morgan fingerprint density at radius 3 is 2.15 bits per heavy atom. The minimum absolute atomic E-state index is 0.0855. The molecule has 34 heavy (non-hydrogen) atoms. The van der Waals surface area contributed by atoms with Crippen molar-refractivity contribution < 1.29 is 23.8 Å². The maximum Gasteiger partial charge on any atom is 0.337 e. The van der Waals surface area contributed by atoms with Crippen molar-refractivity contribution in [2.24, 2.45) is 17.8 Å². The molecule has 6 rings (SSSR count). The standard InChI is InChI=1S/C28H31BrO5/c1-32-25-6-5-20(10-23(25)28-12-17-7-18(13-28)9-19(8-17)14-28)24(30)16-34-26-11-21(27(31)33-2)3-4-22(26)15-29/h3-6,10-11,17-19H,7-9,12-16H2,1-2H3. The molecule has 0 unspecified atom stereocenters. The van der Waals surface area contributed by atoms with Crippen molar-refractivity contribution >= 4 is 27.7 Å². The van der Waals surface area contributed by atoms with E-state index in [1.807, 2.05) is 12.1 Å². The Labute approximate surface area is 209 Å². The molecule has 0 spiro atoms. The van der Waals surface area contributed by atoms with Gasteiger partial charge in [0.25, 0.3) is 0 Å². The molecule has 0 aromatic heterocycles. The molecule has 0 N–H and O–H groups in total. The fourth-order valence-corrected chi connectivity index (χ4v) is 7.47. The molecule has 0 aliphatic heterocycles. The van der Waals surface area contributed by atoms with Crippen molar-refractivity contribution in [2.45, 2.75) is 49.3 Å². The Hall–Kier alpha value is -2.34. The van der Waals surface area contributed by atoms with Gasteiger partial charge in [-0.3, -0.25) is 4.79 Å². The molecule has 6 heteroatoms. The number of carbonyl (C=O) groups excluding carboxylic acids is 2. The number of methoxy groups -OCH3 is 2. The molecular weight excluding hydrogens is 496 g/mol. The van der Waals surface area contributed by atoms with Gasteiger partial charge in [-0.2, -0.15) is 0 Å². The number of hydrogen-bond donors (Lipinski definition) is 0. The van der Waals surface area contributed by atoms with Gasteiger partial charge in [-0.25, -0.2) is 4.79 Å². The van der Waals surface area contributed by atoms with Crippen molar-refractivity contribution in [3.05, 3.63) is 58.7 Å². The Balaban J connectivity index is 1.38. The van der Waals surface area contributed by atoms with Crippen LogP contribution in [0.25, 0.3) is 0 Å². The lowest BCUT2D eigenvalue weighted by molar-refractivity contribution is -0.00617. The van der Waals surface area contributed by atoms with Crippen molar-refractivity contribution in [1.82, 2.24) is 0 Å². The number of hydrogen-bond acceptors (Lipinski definition) is 5. The van der Waals surface area contributed by atoms with E-state index >= 15 is 0 Å². The molecule has 4 bridgehead atoms. The van der Waals surface area contributed by atoms with E-state index in [-0.39, 0.29) is 17.8 Å². The minimum Gasteiger partial charge on any atom is -0.496 e. The highest BCUT2D eigenvalue weighted by Gasteiger charge is 2.52. The number of ketones is 1. The zero-order chi connectivity index (χ0) is 23.9. The molecule has 4 saturated carbocycles. The topological polar surface area (TPSA) is 61.8 Å². The van der Waals surface area contributed by atoms with Crippen LogP contribution in [0.4, 0.5) is 0 Å². The van der Waals surface area contributed by atoms with Crippen LogP contribution in [0.2, 0.25) is 0 Å². The number of ether oxygens (including phenoxy) is 3. The predicted molar refractivity (Wildman–Crippen MR) is 133 cm³/mol. The average Bonchev–Trinajstić information content (AvgIpc) is 2.85. The van der Waals surface area contributed by atoms with Crippen LogP contribution >= 0.6 is 15.9 Å². The van der Waals surface area contributed by atoms with Crippen LogP contribution in [-0.4, -0.2) is 32.6 Å². The monoisotopic (exact) mass is 526 g/mol. The molecule has 2 aromatic rings. The summed E-state index contributed by atoms with van der Waals surface area (Å²) in [5.41, 5.74) is 3.24. The zero-order valence-electron chi connectivity index (χ0n) is 19.8. The maximum atomic E-state index is 13.2. The van der Waals surface area contributed by atoms with Crippen molar-refractivity contribution in [1.29, 1.82) is 0 Å². The van der Waals surface area contributed by atoms with Crippen LogP contribution in [-0.2, 0) is 15.5 Å². The summed E-state index contributed by atoms with van der Waals surface area (Å²) in [6, 6.07) is 11.0. The third kappa shape index (κ3) is 4.26. The molecule has 0 amide bonds. The predicted octanol–water partition coefficient (Wildman–Crippen LogP) is 6.11. The summed E-state index contributed by atoms with van der Waals surface area (Å²) in [4.78, 5) is 25.1. The van der Waals surface area contributed by atoms with Crippen molar-refractivity contribution in [3.63, 3.8) is 0 Å². The first-order valence-corrected chi connectivity index (χ1v) is 13.2. The normalized spacial score (nSPS) is 26.9. The lowest BCUT2D eigenvalue weighted by atomic mass is 9.48. The van der Waals surface area contributed by atoms with E-state index in [4.69, 9.17) is 14.2 Å². The Morgan fingerprint density at radius 2 is 1.56 bits per heavy atom. The second-order valence-electron chi connectivity index (χ2n) is 10.3. The third-order valence-corrected chi connectivity index (χ3v) is 8.73. The molecular formula is C28H31BrO5. The Morgan fingerprint density at radius 1 is 0.912 bits per heavy atom. The second kappa shape index (κ2) is 9.37. The molecule has 0 saturated heterocycles. The number of carbonyl (C=O) groups is 2. The minimum atomic E-state index is -0.437. The highest BCUT2D eigenvalue weighted by molar-refractivity contribution is 9.08. The fraction of sp³-hybridized carbons (Fsp3) is 0.500. The largest absolute Gasteiger partial charge is 0.496 e. The van der Waals surface area contributed by atoms with Gasteiger partial charge in [-0.15, -0.1) is 0 Å².